The van der Waals surface area contributed by atoms with Gasteiger partial charge in [0.2, 0.25) is 0 Å². The minimum Gasteiger partial charge on any atom is -0.372 e. The Labute approximate surface area is 179 Å². The van der Waals surface area contributed by atoms with E-state index in [0.717, 1.165) is 35.3 Å². The van der Waals surface area contributed by atoms with E-state index in [0.29, 0.717) is 6.04 Å². The van der Waals surface area contributed by atoms with Crippen molar-refractivity contribution in [2.24, 2.45) is 0 Å². The van der Waals surface area contributed by atoms with Crippen LogP contribution in [0.3, 0.4) is 0 Å². The SMILES string of the molecule is CC[C@H](Cc1ccccc1)n1c(C)nc2ccc(N(C)C3CCCCC3)cc2c1=O. The second-order valence-corrected chi connectivity index (χ2v) is 8.69. The zero-order valence-corrected chi connectivity index (χ0v) is 18.5. The quantitative estimate of drug-likeness (QED) is 0.532. The standard InChI is InChI=1S/C26H33N3O/c1-4-21(17-20-11-7-5-8-12-20)29-19(2)27-25-16-15-23(18-24(25)26(29)30)28(3)22-13-9-6-10-14-22/h5,7-8,11-12,15-16,18,21-22H,4,6,9-10,13-14,17H2,1-3H3/t21-/m1/s1. The summed E-state index contributed by atoms with van der Waals surface area (Å²) in [5, 5.41) is 0.729. The summed E-state index contributed by atoms with van der Waals surface area (Å²) in [6.45, 7) is 4.10. The number of nitrogens with zero attached hydrogens (tertiary/aromatic N) is 3. The summed E-state index contributed by atoms with van der Waals surface area (Å²) in [4.78, 5) is 20.8. The van der Waals surface area contributed by atoms with E-state index in [-0.39, 0.29) is 11.6 Å². The van der Waals surface area contributed by atoms with Crippen molar-refractivity contribution in [2.45, 2.75) is 70.9 Å². The van der Waals surface area contributed by atoms with Gasteiger partial charge in [-0.1, -0.05) is 56.5 Å². The molecule has 1 saturated carbocycles. The Kier molecular flexibility index (Phi) is 6.21. The van der Waals surface area contributed by atoms with Crippen LogP contribution in [-0.2, 0) is 6.42 Å². The van der Waals surface area contributed by atoms with Crippen LogP contribution in [0.15, 0.2) is 53.3 Å². The highest BCUT2D eigenvalue weighted by Gasteiger charge is 2.21. The molecule has 3 aromatic rings. The number of hydrogen-bond acceptors (Lipinski definition) is 3. The molecule has 0 radical (unpaired) electrons. The molecule has 1 aliphatic carbocycles. The van der Waals surface area contributed by atoms with Gasteiger partial charge in [-0.15, -0.1) is 0 Å². The summed E-state index contributed by atoms with van der Waals surface area (Å²) in [6.07, 6.45) is 8.15. The van der Waals surface area contributed by atoms with Crippen molar-refractivity contribution in [1.82, 2.24) is 9.55 Å². The molecule has 0 N–H and O–H groups in total. The molecule has 4 nitrogen and oxygen atoms in total. The molecule has 0 amide bonds. The molecule has 1 aromatic heterocycles. The van der Waals surface area contributed by atoms with Crippen molar-refractivity contribution in [3.8, 4) is 0 Å². The second kappa shape index (κ2) is 9.03. The Morgan fingerprint density at radius 1 is 1.10 bits per heavy atom. The predicted octanol–water partition coefficient (Wildman–Crippen LogP) is 5.67. The number of fused-ring (bicyclic) bond motifs is 1. The first-order valence-electron chi connectivity index (χ1n) is 11.4. The molecular formula is C26H33N3O. The molecular weight excluding hydrogens is 370 g/mol. The van der Waals surface area contributed by atoms with Gasteiger partial charge in [-0.2, -0.15) is 0 Å². The van der Waals surface area contributed by atoms with Crippen LogP contribution in [0.4, 0.5) is 5.69 Å². The van der Waals surface area contributed by atoms with Crippen molar-refractivity contribution < 1.29 is 0 Å². The van der Waals surface area contributed by atoms with E-state index in [4.69, 9.17) is 4.98 Å². The monoisotopic (exact) mass is 403 g/mol. The normalized spacial score (nSPS) is 16.0. The number of anilines is 1. The molecule has 4 heteroatoms. The summed E-state index contributed by atoms with van der Waals surface area (Å²) < 4.78 is 1.92. The van der Waals surface area contributed by atoms with E-state index >= 15 is 0 Å². The van der Waals surface area contributed by atoms with Gasteiger partial charge >= 0.3 is 0 Å². The van der Waals surface area contributed by atoms with Gasteiger partial charge < -0.3 is 4.90 Å². The number of benzene rings is 2. The molecule has 0 saturated heterocycles. The maximum Gasteiger partial charge on any atom is 0.261 e. The molecule has 1 heterocycles. The first kappa shape index (κ1) is 20.6. The highest BCUT2D eigenvalue weighted by atomic mass is 16.1. The van der Waals surface area contributed by atoms with Gasteiger partial charge in [0.15, 0.2) is 0 Å². The Balaban J connectivity index is 1.72. The zero-order valence-electron chi connectivity index (χ0n) is 18.5. The molecule has 30 heavy (non-hydrogen) atoms. The van der Waals surface area contributed by atoms with Crippen LogP contribution in [0.5, 0.6) is 0 Å². The first-order valence-corrected chi connectivity index (χ1v) is 11.4. The topological polar surface area (TPSA) is 38.1 Å². The van der Waals surface area contributed by atoms with Crippen LogP contribution in [0, 0.1) is 6.92 Å². The molecule has 0 spiro atoms. The fourth-order valence-corrected chi connectivity index (χ4v) is 4.93. The minimum absolute atomic E-state index is 0.0826. The molecule has 1 fully saturated rings. The van der Waals surface area contributed by atoms with Crippen molar-refractivity contribution in [3.05, 3.63) is 70.3 Å². The van der Waals surface area contributed by atoms with Crippen molar-refractivity contribution in [1.29, 1.82) is 0 Å². The molecule has 1 aliphatic rings. The van der Waals surface area contributed by atoms with Crippen LogP contribution in [0.2, 0.25) is 0 Å². The van der Waals surface area contributed by atoms with Crippen LogP contribution in [0.25, 0.3) is 10.9 Å². The summed E-state index contributed by atoms with van der Waals surface area (Å²) >= 11 is 0. The van der Waals surface area contributed by atoms with Crippen molar-refractivity contribution in [3.63, 3.8) is 0 Å². The Morgan fingerprint density at radius 2 is 1.83 bits per heavy atom. The third kappa shape index (κ3) is 4.14. The van der Waals surface area contributed by atoms with Gasteiger partial charge in [0.05, 0.1) is 10.9 Å². The maximum atomic E-state index is 13.6. The third-order valence-electron chi connectivity index (χ3n) is 6.74. The lowest BCUT2D eigenvalue weighted by atomic mass is 9.94. The van der Waals surface area contributed by atoms with Crippen molar-refractivity contribution >= 4 is 16.6 Å². The fourth-order valence-electron chi connectivity index (χ4n) is 4.93. The molecule has 0 bridgehead atoms. The molecule has 158 valence electrons. The summed E-state index contributed by atoms with van der Waals surface area (Å²) in [5.41, 5.74) is 3.25. The lowest BCUT2D eigenvalue weighted by Gasteiger charge is -2.33. The smallest absolute Gasteiger partial charge is 0.261 e. The van der Waals surface area contributed by atoms with Crippen molar-refractivity contribution in [2.75, 3.05) is 11.9 Å². The average molecular weight is 404 g/mol. The lowest BCUT2D eigenvalue weighted by molar-refractivity contribution is 0.427. The van der Waals surface area contributed by atoms with E-state index in [2.05, 4.69) is 55.3 Å². The average Bonchev–Trinajstić information content (AvgIpc) is 2.79. The van der Waals surface area contributed by atoms with Crippen LogP contribution in [0.1, 0.15) is 62.9 Å². The van der Waals surface area contributed by atoms with Gasteiger partial charge in [-0.3, -0.25) is 9.36 Å². The van der Waals surface area contributed by atoms with E-state index in [1.54, 1.807) is 0 Å². The number of aryl methyl sites for hydroxylation is 1. The number of hydrogen-bond donors (Lipinski definition) is 0. The molecule has 1 atom stereocenters. The largest absolute Gasteiger partial charge is 0.372 e. The molecule has 4 rings (SSSR count). The number of aromatic nitrogens is 2. The highest BCUT2D eigenvalue weighted by Crippen LogP contribution is 2.28. The van der Waals surface area contributed by atoms with Gasteiger partial charge in [-0.05, 0) is 56.4 Å². The maximum absolute atomic E-state index is 13.6. The summed E-state index contributed by atoms with van der Waals surface area (Å²) in [6, 6.07) is 17.3. The van der Waals surface area contributed by atoms with Gasteiger partial charge in [-0.25, -0.2) is 4.98 Å². The Hall–Kier alpha value is -2.62. The first-order chi connectivity index (χ1) is 14.6. The second-order valence-electron chi connectivity index (χ2n) is 8.69. The van der Waals surface area contributed by atoms with E-state index in [9.17, 15) is 4.79 Å². The molecule has 2 aromatic carbocycles. The zero-order chi connectivity index (χ0) is 21.1. The van der Waals surface area contributed by atoms with Gasteiger partial charge in [0.1, 0.15) is 5.82 Å². The van der Waals surface area contributed by atoms with Gasteiger partial charge in [0, 0.05) is 24.8 Å². The summed E-state index contributed by atoms with van der Waals surface area (Å²) in [5.74, 6) is 0.795. The van der Waals surface area contributed by atoms with E-state index in [1.807, 2.05) is 23.6 Å². The summed E-state index contributed by atoms with van der Waals surface area (Å²) in [7, 11) is 2.17. The molecule has 0 unspecified atom stereocenters. The van der Waals surface area contributed by atoms with E-state index in [1.165, 1.54) is 37.7 Å². The highest BCUT2D eigenvalue weighted by molar-refractivity contribution is 5.82. The van der Waals surface area contributed by atoms with Crippen LogP contribution >= 0.6 is 0 Å². The predicted molar refractivity (Wildman–Crippen MR) is 125 cm³/mol. The molecule has 0 aliphatic heterocycles. The number of rotatable bonds is 6. The lowest BCUT2D eigenvalue weighted by Crippen LogP contribution is -2.33. The fraction of sp³-hybridized carbons (Fsp3) is 0.462. The minimum atomic E-state index is 0.0826. The van der Waals surface area contributed by atoms with Crippen LogP contribution < -0.4 is 10.5 Å². The Bertz CT molecular complexity index is 1050. The Morgan fingerprint density at radius 3 is 2.53 bits per heavy atom. The van der Waals surface area contributed by atoms with Crippen LogP contribution in [-0.4, -0.2) is 22.6 Å². The third-order valence-corrected chi connectivity index (χ3v) is 6.74. The van der Waals surface area contributed by atoms with E-state index < -0.39 is 0 Å². The van der Waals surface area contributed by atoms with Gasteiger partial charge in [0.25, 0.3) is 5.56 Å².